The lowest BCUT2D eigenvalue weighted by molar-refractivity contribution is 0.249. The summed E-state index contributed by atoms with van der Waals surface area (Å²) < 4.78 is 0. The molecule has 78 valence electrons. The van der Waals surface area contributed by atoms with Crippen LogP contribution in [0.2, 0.25) is 0 Å². The topological polar surface area (TPSA) is 120 Å². The lowest BCUT2D eigenvalue weighted by Crippen LogP contribution is -2.29. The molecule has 0 saturated carbocycles. The molecule has 0 rings (SSSR count). The first-order valence-electron chi connectivity index (χ1n) is 3.74. The van der Waals surface area contributed by atoms with Crippen LogP contribution in [0.25, 0.3) is 0 Å². The van der Waals surface area contributed by atoms with Gasteiger partial charge >= 0.3 is 6.03 Å². The third kappa shape index (κ3) is 11.0. The number of guanidine groups is 1. The van der Waals surface area contributed by atoms with Gasteiger partial charge in [-0.15, -0.1) is 12.4 Å². The van der Waals surface area contributed by atoms with Gasteiger partial charge in [0.05, 0.1) is 0 Å². The van der Waals surface area contributed by atoms with Gasteiger partial charge in [0.25, 0.3) is 0 Å². The van der Waals surface area contributed by atoms with Crippen molar-refractivity contribution in [3.8, 4) is 0 Å². The SMILES string of the molecule is Cl.NCCCCNC(=O)N=C(N)N. The van der Waals surface area contributed by atoms with Crippen LogP contribution < -0.4 is 22.5 Å². The third-order valence-corrected chi connectivity index (χ3v) is 1.14. The number of nitrogens with zero attached hydrogens (tertiary/aromatic N) is 1. The number of nitrogens with one attached hydrogen (secondary N) is 1. The molecule has 0 spiro atoms. The summed E-state index contributed by atoms with van der Waals surface area (Å²) in [5.74, 6) is -0.230. The van der Waals surface area contributed by atoms with Gasteiger partial charge in [-0.25, -0.2) is 4.79 Å². The number of carbonyl (C=O) groups is 1. The normalized spacial score (nSPS) is 8.38. The molecular weight excluding hydrogens is 194 g/mol. The first kappa shape index (κ1) is 14.5. The van der Waals surface area contributed by atoms with Crippen molar-refractivity contribution in [2.45, 2.75) is 12.8 Å². The van der Waals surface area contributed by atoms with E-state index in [0.717, 1.165) is 12.8 Å². The highest BCUT2D eigenvalue weighted by Crippen LogP contribution is 1.82. The van der Waals surface area contributed by atoms with Gasteiger partial charge < -0.3 is 22.5 Å². The number of rotatable bonds is 4. The molecule has 0 aliphatic rings. The minimum Gasteiger partial charge on any atom is -0.370 e. The van der Waals surface area contributed by atoms with Crippen molar-refractivity contribution in [3.63, 3.8) is 0 Å². The minimum absolute atomic E-state index is 0. The summed E-state index contributed by atoms with van der Waals surface area (Å²) in [6.45, 7) is 1.17. The fourth-order valence-electron chi connectivity index (χ4n) is 0.621. The molecule has 0 bridgehead atoms. The average Bonchev–Trinajstić information content (AvgIpc) is 1.97. The van der Waals surface area contributed by atoms with Gasteiger partial charge in [0.15, 0.2) is 5.96 Å². The number of carbonyl (C=O) groups excluding carboxylic acids is 1. The van der Waals surface area contributed by atoms with E-state index in [1.165, 1.54) is 0 Å². The zero-order chi connectivity index (χ0) is 9.40. The number of hydrogen-bond donors (Lipinski definition) is 4. The van der Waals surface area contributed by atoms with Gasteiger partial charge in [-0.3, -0.25) is 0 Å². The van der Waals surface area contributed by atoms with Crippen LogP contribution in [0, 0.1) is 0 Å². The standard InChI is InChI=1S/C6H15N5O.ClH/c7-3-1-2-4-10-6(12)11-5(8)9;/h1-4,7H2,(H5,8,9,10,11,12);1H. The Balaban J connectivity index is 0. The highest BCUT2D eigenvalue weighted by molar-refractivity contribution is 5.90. The fourth-order valence-corrected chi connectivity index (χ4v) is 0.621. The Morgan fingerprint density at radius 1 is 1.31 bits per heavy atom. The Hall–Kier alpha value is -1.01. The molecule has 13 heavy (non-hydrogen) atoms. The van der Waals surface area contributed by atoms with Gasteiger partial charge in [0, 0.05) is 6.54 Å². The lowest BCUT2D eigenvalue weighted by Gasteiger charge is -1.99. The molecule has 0 aromatic heterocycles. The van der Waals surface area contributed by atoms with Gasteiger partial charge in [-0.1, -0.05) is 0 Å². The van der Waals surface area contributed by atoms with Crippen LogP contribution in [0.15, 0.2) is 4.99 Å². The summed E-state index contributed by atoms with van der Waals surface area (Å²) in [4.78, 5) is 14.0. The first-order chi connectivity index (χ1) is 5.66. The maximum Gasteiger partial charge on any atom is 0.344 e. The second-order valence-corrected chi connectivity index (χ2v) is 2.26. The summed E-state index contributed by atoms with van der Waals surface area (Å²) in [5.41, 5.74) is 15.2. The first-order valence-corrected chi connectivity index (χ1v) is 3.74. The van der Waals surface area contributed by atoms with Crippen molar-refractivity contribution >= 4 is 24.4 Å². The minimum atomic E-state index is -0.507. The number of urea groups is 1. The molecule has 0 fully saturated rings. The summed E-state index contributed by atoms with van der Waals surface area (Å²) >= 11 is 0. The Kier molecular flexibility index (Phi) is 10.1. The monoisotopic (exact) mass is 209 g/mol. The molecule has 0 aromatic carbocycles. The van der Waals surface area contributed by atoms with E-state index in [0.29, 0.717) is 13.1 Å². The van der Waals surface area contributed by atoms with Crippen LogP contribution in [0.4, 0.5) is 4.79 Å². The molecule has 0 saturated heterocycles. The van der Waals surface area contributed by atoms with E-state index in [1.54, 1.807) is 0 Å². The number of amides is 2. The summed E-state index contributed by atoms with van der Waals surface area (Å²) in [7, 11) is 0. The van der Waals surface area contributed by atoms with Gasteiger partial charge in [-0.2, -0.15) is 4.99 Å². The number of halogens is 1. The van der Waals surface area contributed by atoms with E-state index >= 15 is 0 Å². The molecule has 7 N–H and O–H groups in total. The summed E-state index contributed by atoms with van der Waals surface area (Å²) in [6, 6.07) is -0.507. The quantitative estimate of drug-likeness (QED) is 0.273. The Bertz CT molecular complexity index is 168. The zero-order valence-electron chi connectivity index (χ0n) is 7.32. The van der Waals surface area contributed by atoms with Gasteiger partial charge in [-0.05, 0) is 19.4 Å². The van der Waals surface area contributed by atoms with E-state index in [-0.39, 0.29) is 18.4 Å². The fraction of sp³-hybridized carbons (Fsp3) is 0.667. The van der Waals surface area contributed by atoms with Crippen LogP contribution >= 0.6 is 12.4 Å². The molecule has 2 amide bonds. The predicted octanol–water partition coefficient (Wildman–Crippen LogP) is -0.870. The van der Waals surface area contributed by atoms with Crippen molar-refractivity contribution in [2.75, 3.05) is 13.1 Å². The molecule has 0 unspecified atom stereocenters. The van der Waals surface area contributed by atoms with Crippen molar-refractivity contribution in [1.29, 1.82) is 0 Å². The number of unbranched alkanes of at least 4 members (excludes halogenated alkanes) is 1. The maximum absolute atomic E-state index is 10.7. The number of hydrogen-bond acceptors (Lipinski definition) is 2. The van der Waals surface area contributed by atoms with E-state index < -0.39 is 6.03 Å². The van der Waals surface area contributed by atoms with Gasteiger partial charge in [0.1, 0.15) is 0 Å². The van der Waals surface area contributed by atoms with Crippen LogP contribution in [0.5, 0.6) is 0 Å². The van der Waals surface area contributed by atoms with Crippen LogP contribution in [0.1, 0.15) is 12.8 Å². The van der Waals surface area contributed by atoms with Crippen molar-refractivity contribution in [1.82, 2.24) is 5.32 Å². The highest BCUT2D eigenvalue weighted by atomic mass is 35.5. The van der Waals surface area contributed by atoms with Gasteiger partial charge in [0.2, 0.25) is 0 Å². The molecule has 0 radical (unpaired) electrons. The largest absolute Gasteiger partial charge is 0.370 e. The smallest absolute Gasteiger partial charge is 0.344 e. The molecule has 0 aliphatic heterocycles. The van der Waals surface area contributed by atoms with Crippen molar-refractivity contribution in [2.24, 2.45) is 22.2 Å². The molecule has 7 heteroatoms. The second kappa shape index (κ2) is 9.08. The second-order valence-electron chi connectivity index (χ2n) is 2.26. The van der Waals surface area contributed by atoms with E-state index in [4.69, 9.17) is 17.2 Å². The van der Waals surface area contributed by atoms with E-state index in [9.17, 15) is 4.79 Å². The van der Waals surface area contributed by atoms with E-state index in [1.807, 2.05) is 0 Å². The highest BCUT2D eigenvalue weighted by Gasteiger charge is 1.95. The van der Waals surface area contributed by atoms with Crippen molar-refractivity contribution < 1.29 is 4.79 Å². The molecule has 0 aromatic rings. The molecule has 0 atom stereocenters. The molecule has 0 heterocycles. The lowest BCUT2D eigenvalue weighted by atomic mass is 10.3. The Labute approximate surface area is 83.3 Å². The summed E-state index contributed by atoms with van der Waals surface area (Å²) in [6.07, 6.45) is 1.71. The predicted molar refractivity (Wildman–Crippen MR) is 54.7 cm³/mol. The zero-order valence-corrected chi connectivity index (χ0v) is 8.14. The average molecular weight is 210 g/mol. The summed E-state index contributed by atoms with van der Waals surface area (Å²) in [5, 5.41) is 2.51. The Morgan fingerprint density at radius 2 is 1.92 bits per heavy atom. The van der Waals surface area contributed by atoms with Crippen molar-refractivity contribution in [3.05, 3.63) is 0 Å². The molecule has 0 aliphatic carbocycles. The Morgan fingerprint density at radius 3 is 2.38 bits per heavy atom. The number of nitrogens with two attached hydrogens (primary N) is 3. The number of aliphatic imine (C=N–C) groups is 1. The van der Waals surface area contributed by atoms with Crippen LogP contribution in [0.3, 0.4) is 0 Å². The van der Waals surface area contributed by atoms with Crippen LogP contribution in [-0.2, 0) is 0 Å². The molecular formula is C6H16ClN5O. The van der Waals surface area contributed by atoms with Crippen LogP contribution in [-0.4, -0.2) is 25.1 Å². The third-order valence-electron chi connectivity index (χ3n) is 1.14. The maximum atomic E-state index is 10.7. The van der Waals surface area contributed by atoms with E-state index in [2.05, 4.69) is 10.3 Å². The molecule has 6 nitrogen and oxygen atoms in total.